The Morgan fingerprint density at radius 1 is 0.971 bits per heavy atom. The number of aromatic nitrogens is 1. The lowest BCUT2D eigenvalue weighted by atomic mass is 9.75. The van der Waals surface area contributed by atoms with Crippen LogP contribution in [-0.2, 0) is 0 Å². The van der Waals surface area contributed by atoms with Gasteiger partial charge in [0.15, 0.2) is 0 Å². The Hall–Kier alpha value is -3.19. The van der Waals surface area contributed by atoms with Gasteiger partial charge in [-0.1, -0.05) is 54.6 Å². The Morgan fingerprint density at radius 3 is 2.49 bits per heavy atom. The first-order valence-electron chi connectivity index (χ1n) is 12.1. The van der Waals surface area contributed by atoms with E-state index in [-0.39, 0.29) is 5.92 Å². The molecule has 0 radical (unpaired) electrons. The van der Waals surface area contributed by atoms with E-state index in [0.717, 1.165) is 50.1 Å². The van der Waals surface area contributed by atoms with Gasteiger partial charge in [-0.2, -0.15) is 0 Å². The molecule has 0 spiro atoms. The monoisotopic (exact) mass is 482 g/mol. The third-order valence-electron chi connectivity index (χ3n) is 7.48. The maximum atomic E-state index is 11.2. The molecule has 0 bridgehead atoms. The highest BCUT2D eigenvalue weighted by Crippen LogP contribution is 2.46. The van der Waals surface area contributed by atoms with Gasteiger partial charge >= 0.3 is 0 Å². The first-order valence-corrected chi connectivity index (χ1v) is 12.5. The predicted octanol–water partition coefficient (Wildman–Crippen LogP) is 7.48. The van der Waals surface area contributed by atoms with Gasteiger partial charge in [0.1, 0.15) is 0 Å². The van der Waals surface area contributed by atoms with Crippen molar-refractivity contribution >= 4 is 28.2 Å². The van der Waals surface area contributed by atoms with E-state index in [0.29, 0.717) is 5.02 Å². The Kier molecular flexibility index (Phi) is 5.71. The number of halogens is 1. The number of hydrogen-bond donors (Lipinski definition) is 3. The first-order chi connectivity index (χ1) is 16.6. The number of fused-ring (bicyclic) bond motifs is 2. The summed E-state index contributed by atoms with van der Waals surface area (Å²) in [6, 6.07) is 14.5. The third-order valence-corrected chi connectivity index (χ3v) is 7.89. The summed E-state index contributed by atoms with van der Waals surface area (Å²) in [6.07, 6.45) is 1.50. The van der Waals surface area contributed by atoms with Crippen LogP contribution in [0.1, 0.15) is 60.1 Å². The summed E-state index contributed by atoms with van der Waals surface area (Å²) in [5, 5.41) is 16.8. The maximum absolute atomic E-state index is 11.2. The van der Waals surface area contributed by atoms with E-state index in [4.69, 9.17) is 11.6 Å². The molecule has 3 aromatic carbocycles. The molecule has 1 aromatic heterocycles. The molecule has 1 aliphatic rings. The zero-order chi connectivity index (χ0) is 25.1. The number of aliphatic hydroxyl groups excluding tert-OH is 1. The van der Waals surface area contributed by atoms with Gasteiger partial charge in [-0.25, -0.2) is 0 Å². The topological polar surface area (TPSA) is 48.0 Å². The molecule has 0 saturated heterocycles. The second-order valence-electron chi connectivity index (χ2n) is 10.3. The summed E-state index contributed by atoms with van der Waals surface area (Å²) in [5.41, 5.74) is 10.2. The summed E-state index contributed by atoms with van der Waals surface area (Å²) in [6.45, 7) is 12.4. The average molecular weight is 483 g/mol. The van der Waals surface area contributed by atoms with Gasteiger partial charge in [0.2, 0.25) is 0 Å². The van der Waals surface area contributed by atoms with Crippen molar-refractivity contribution in [2.24, 2.45) is 0 Å². The molecule has 0 aliphatic carbocycles. The van der Waals surface area contributed by atoms with Crippen LogP contribution < -0.4 is 5.32 Å². The van der Waals surface area contributed by atoms with Gasteiger partial charge in [-0.15, -0.1) is 0 Å². The molecular formula is C31H31ClN2O. The van der Waals surface area contributed by atoms with Crippen LogP contribution in [0, 0.1) is 32.6 Å². The smallest absolute Gasteiger partial charge is 0.0831 e. The summed E-state index contributed by atoms with van der Waals surface area (Å²) >= 11 is 6.39. The number of aryl methyl sites for hydroxylation is 2. The SMILES string of the molecule is Cc1cc(-c2cccc3c(C)c[nH]c23)c(C#Cc2cccc(Cl)c2C)c2c1NC(C)(C)[C@H](O)[C@H]2C. The molecule has 4 aromatic rings. The van der Waals surface area contributed by atoms with Crippen molar-refractivity contribution in [1.29, 1.82) is 0 Å². The maximum Gasteiger partial charge on any atom is 0.0831 e. The van der Waals surface area contributed by atoms with Crippen LogP contribution in [0.25, 0.3) is 22.0 Å². The molecular weight excluding hydrogens is 452 g/mol. The largest absolute Gasteiger partial charge is 0.390 e. The van der Waals surface area contributed by atoms with Gasteiger partial charge in [0.25, 0.3) is 0 Å². The van der Waals surface area contributed by atoms with E-state index in [1.165, 1.54) is 10.9 Å². The van der Waals surface area contributed by atoms with Crippen LogP contribution in [0.5, 0.6) is 0 Å². The normalized spacial score (nSPS) is 18.5. The number of aliphatic hydroxyl groups is 1. The zero-order valence-corrected chi connectivity index (χ0v) is 21.9. The van der Waals surface area contributed by atoms with Crippen molar-refractivity contribution in [3.8, 4) is 23.0 Å². The van der Waals surface area contributed by atoms with Crippen molar-refractivity contribution in [3.05, 3.63) is 87.1 Å². The highest BCUT2D eigenvalue weighted by atomic mass is 35.5. The van der Waals surface area contributed by atoms with Gasteiger partial charge < -0.3 is 15.4 Å². The zero-order valence-electron chi connectivity index (χ0n) is 21.1. The van der Waals surface area contributed by atoms with Crippen LogP contribution in [0.4, 0.5) is 5.69 Å². The van der Waals surface area contributed by atoms with Crippen molar-refractivity contribution in [3.63, 3.8) is 0 Å². The third kappa shape index (κ3) is 3.82. The molecule has 178 valence electrons. The van der Waals surface area contributed by atoms with E-state index >= 15 is 0 Å². The van der Waals surface area contributed by atoms with Gasteiger partial charge in [0.05, 0.1) is 17.2 Å². The number of benzene rings is 3. The molecule has 3 N–H and O–H groups in total. The van der Waals surface area contributed by atoms with Crippen LogP contribution in [0.2, 0.25) is 5.02 Å². The predicted molar refractivity (Wildman–Crippen MR) is 148 cm³/mol. The number of para-hydroxylation sites is 1. The van der Waals surface area contributed by atoms with Crippen molar-refractivity contribution in [1.82, 2.24) is 4.98 Å². The average Bonchev–Trinajstić information content (AvgIpc) is 3.20. The second kappa shape index (κ2) is 8.48. The van der Waals surface area contributed by atoms with Gasteiger partial charge in [-0.05, 0) is 75.1 Å². The molecule has 5 rings (SSSR count). The molecule has 0 unspecified atom stereocenters. The molecule has 3 nitrogen and oxygen atoms in total. The van der Waals surface area contributed by atoms with E-state index in [2.05, 4.69) is 73.4 Å². The van der Waals surface area contributed by atoms with Crippen molar-refractivity contribution in [2.45, 2.75) is 59.1 Å². The number of hydrogen-bond acceptors (Lipinski definition) is 2. The van der Waals surface area contributed by atoms with E-state index in [1.54, 1.807) is 0 Å². The number of nitrogens with one attached hydrogen (secondary N) is 2. The molecule has 0 amide bonds. The fraction of sp³-hybridized carbons (Fsp3) is 0.290. The Labute approximate surface area is 212 Å². The number of rotatable bonds is 1. The highest BCUT2D eigenvalue weighted by Gasteiger charge is 2.40. The van der Waals surface area contributed by atoms with Crippen molar-refractivity contribution < 1.29 is 5.11 Å². The second-order valence-corrected chi connectivity index (χ2v) is 10.8. The van der Waals surface area contributed by atoms with E-state index in [1.807, 2.05) is 39.0 Å². The van der Waals surface area contributed by atoms with Crippen LogP contribution in [0.3, 0.4) is 0 Å². The first kappa shape index (κ1) is 23.5. The fourth-order valence-corrected chi connectivity index (χ4v) is 5.56. The number of aromatic amines is 1. The Balaban J connectivity index is 1.84. The van der Waals surface area contributed by atoms with E-state index in [9.17, 15) is 5.11 Å². The lowest BCUT2D eigenvalue weighted by molar-refractivity contribution is 0.0868. The number of H-pyrrole nitrogens is 1. The Bertz CT molecular complexity index is 1530. The van der Waals surface area contributed by atoms with Crippen LogP contribution in [0.15, 0.2) is 48.7 Å². The van der Waals surface area contributed by atoms with E-state index < -0.39 is 11.6 Å². The summed E-state index contributed by atoms with van der Waals surface area (Å²) in [4.78, 5) is 3.47. The molecule has 0 fully saturated rings. The van der Waals surface area contributed by atoms with Crippen LogP contribution in [-0.4, -0.2) is 21.7 Å². The van der Waals surface area contributed by atoms with Crippen molar-refractivity contribution in [2.75, 3.05) is 5.32 Å². The fourth-order valence-electron chi connectivity index (χ4n) is 5.38. The summed E-state index contributed by atoms with van der Waals surface area (Å²) in [5.74, 6) is 6.84. The minimum Gasteiger partial charge on any atom is -0.390 e. The standard InChI is InChI=1S/C31H31ClN2O/c1-17-15-25(24-11-8-10-22-18(2)16-33-29(22)24)23(14-13-21-9-7-12-26(32)19(21)3)27-20(4)30(35)31(5,6)34-28(17)27/h7-12,15-16,20,30,33-35H,1-6H3/t20-,30+/m0/s1. The lowest BCUT2D eigenvalue weighted by Gasteiger charge is -2.43. The minimum atomic E-state index is -0.554. The minimum absolute atomic E-state index is 0.0887. The quantitative estimate of drug-likeness (QED) is 0.246. The van der Waals surface area contributed by atoms with Crippen LogP contribution >= 0.6 is 11.6 Å². The summed E-state index contributed by atoms with van der Waals surface area (Å²) in [7, 11) is 0. The molecule has 2 atom stereocenters. The molecule has 2 heterocycles. The van der Waals surface area contributed by atoms with Gasteiger partial charge in [-0.3, -0.25) is 0 Å². The molecule has 4 heteroatoms. The lowest BCUT2D eigenvalue weighted by Crippen LogP contribution is -2.50. The molecule has 35 heavy (non-hydrogen) atoms. The number of anilines is 1. The summed E-state index contributed by atoms with van der Waals surface area (Å²) < 4.78 is 0. The highest BCUT2D eigenvalue weighted by molar-refractivity contribution is 6.31. The molecule has 1 aliphatic heterocycles. The van der Waals surface area contributed by atoms with Gasteiger partial charge in [0, 0.05) is 50.5 Å². The molecule has 0 saturated carbocycles. The Morgan fingerprint density at radius 2 is 1.71 bits per heavy atom.